The van der Waals surface area contributed by atoms with Gasteiger partial charge in [-0.25, -0.2) is 0 Å². The molecule has 8 heteroatoms. The van der Waals surface area contributed by atoms with Crippen LogP contribution in [-0.2, 0) is 16.6 Å². The van der Waals surface area contributed by atoms with Gasteiger partial charge in [-0.05, 0) is 48.5 Å². The fourth-order valence-corrected chi connectivity index (χ4v) is 4.29. The minimum atomic E-state index is -0.477. The third-order valence-electron chi connectivity index (χ3n) is 4.85. The van der Waals surface area contributed by atoms with Crippen LogP contribution < -0.4 is 5.32 Å². The predicted octanol–water partition coefficient (Wildman–Crippen LogP) is 4.82. The summed E-state index contributed by atoms with van der Waals surface area (Å²) in [5.74, 6) is -0.946. The van der Waals surface area contributed by atoms with Gasteiger partial charge in [0, 0.05) is 40.4 Å². The third kappa shape index (κ3) is 3.86. The molecule has 1 fully saturated rings. The van der Waals surface area contributed by atoms with Crippen molar-refractivity contribution in [3.63, 3.8) is 0 Å². The number of fused-ring (bicyclic) bond motifs is 1. The highest BCUT2D eigenvalue weighted by atomic mass is 35.5. The van der Waals surface area contributed by atoms with Gasteiger partial charge in [-0.1, -0.05) is 35.9 Å². The quantitative estimate of drug-likeness (QED) is 0.592. The molecule has 0 radical (unpaired) electrons. The monoisotopic (exact) mass is 439 g/mol. The Kier molecular flexibility index (Phi) is 5.40. The molecule has 30 heavy (non-hydrogen) atoms. The van der Waals surface area contributed by atoms with Gasteiger partial charge in [0.05, 0.1) is 4.91 Å². The average Bonchev–Trinajstić information content (AvgIpc) is 3.16. The number of aryl methyl sites for hydroxylation is 2. The van der Waals surface area contributed by atoms with Crippen LogP contribution in [0.3, 0.4) is 0 Å². The number of nitrogens with zero attached hydrogens (tertiary/aromatic N) is 2. The number of hydrogen-bond donors (Lipinski definition) is 1. The Morgan fingerprint density at radius 1 is 1.20 bits per heavy atom. The molecule has 1 aliphatic heterocycles. The number of anilines is 1. The van der Waals surface area contributed by atoms with E-state index in [1.165, 1.54) is 0 Å². The van der Waals surface area contributed by atoms with Gasteiger partial charge in [-0.3, -0.25) is 19.3 Å². The molecule has 1 N–H and O–H groups in total. The number of amides is 3. The number of thioether (sulfide) groups is 1. The first kappa shape index (κ1) is 20.3. The SMILES string of the molecule is Cc1ccc(NC(=O)CN2C(=O)S/C(=C/c3cn(C)c4ccccc34)C2=O)cc1Cl. The molecule has 0 unspecified atom stereocenters. The van der Waals surface area contributed by atoms with E-state index in [0.717, 1.165) is 38.7 Å². The second-order valence-electron chi connectivity index (χ2n) is 6.99. The summed E-state index contributed by atoms with van der Waals surface area (Å²) in [4.78, 5) is 38.7. The molecule has 0 aliphatic carbocycles. The van der Waals surface area contributed by atoms with Crippen molar-refractivity contribution >= 4 is 63.1 Å². The topological polar surface area (TPSA) is 71.4 Å². The van der Waals surface area contributed by atoms with Gasteiger partial charge in [0.15, 0.2) is 0 Å². The first-order valence-electron chi connectivity index (χ1n) is 9.19. The Bertz CT molecular complexity index is 1230. The maximum absolute atomic E-state index is 12.8. The summed E-state index contributed by atoms with van der Waals surface area (Å²) < 4.78 is 1.96. The zero-order valence-electron chi connectivity index (χ0n) is 16.3. The molecule has 0 atom stereocenters. The number of aromatic nitrogens is 1. The Balaban J connectivity index is 1.51. The molecule has 1 saturated heterocycles. The zero-order chi connectivity index (χ0) is 21.4. The maximum Gasteiger partial charge on any atom is 0.294 e. The minimum absolute atomic E-state index is 0.294. The van der Waals surface area contributed by atoms with E-state index in [4.69, 9.17) is 11.6 Å². The second-order valence-corrected chi connectivity index (χ2v) is 8.39. The fourth-order valence-electron chi connectivity index (χ4n) is 3.28. The van der Waals surface area contributed by atoms with E-state index >= 15 is 0 Å². The lowest BCUT2D eigenvalue weighted by Crippen LogP contribution is -2.36. The number of carbonyl (C=O) groups excluding carboxylic acids is 3. The van der Waals surface area contributed by atoms with Crippen LogP contribution in [0.4, 0.5) is 10.5 Å². The Labute approximate surface area is 182 Å². The Morgan fingerprint density at radius 3 is 2.73 bits per heavy atom. The van der Waals surface area contributed by atoms with E-state index in [9.17, 15) is 14.4 Å². The maximum atomic E-state index is 12.8. The molecule has 1 aliphatic rings. The predicted molar refractivity (Wildman–Crippen MR) is 120 cm³/mol. The van der Waals surface area contributed by atoms with Crippen LogP contribution in [0.5, 0.6) is 0 Å². The summed E-state index contributed by atoms with van der Waals surface area (Å²) in [6.07, 6.45) is 3.61. The molecule has 0 saturated carbocycles. The lowest BCUT2D eigenvalue weighted by Gasteiger charge is -2.12. The van der Waals surface area contributed by atoms with Crippen molar-refractivity contribution in [3.05, 3.63) is 69.7 Å². The number of benzene rings is 2. The van der Waals surface area contributed by atoms with Crippen molar-refractivity contribution in [1.82, 2.24) is 9.47 Å². The van der Waals surface area contributed by atoms with Crippen molar-refractivity contribution in [2.45, 2.75) is 6.92 Å². The van der Waals surface area contributed by atoms with Crippen molar-refractivity contribution in [3.8, 4) is 0 Å². The van der Waals surface area contributed by atoms with Crippen molar-refractivity contribution in [2.24, 2.45) is 7.05 Å². The normalized spacial score (nSPS) is 15.4. The highest BCUT2D eigenvalue weighted by Crippen LogP contribution is 2.34. The van der Waals surface area contributed by atoms with E-state index in [2.05, 4.69) is 5.32 Å². The lowest BCUT2D eigenvalue weighted by molar-refractivity contribution is -0.127. The first-order chi connectivity index (χ1) is 14.3. The summed E-state index contributed by atoms with van der Waals surface area (Å²) in [6.45, 7) is 1.50. The van der Waals surface area contributed by atoms with Gasteiger partial charge in [0.25, 0.3) is 11.1 Å². The van der Waals surface area contributed by atoms with Crippen LogP contribution in [0.15, 0.2) is 53.6 Å². The summed E-state index contributed by atoms with van der Waals surface area (Å²) in [7, 11) is 1.92. The molecule has 3 amide bonds. The van der Waals surface area contributed by atoms with E-state index in [0.29, 0.717) is 15.6 Å². The number of carbonyl (C=O) groups is 3. The van der Waals surface area contributed by atoms with E-state index in [-0.39, 0.29) is 6.54 Å². The minimum Gasteiger partial charge on any atom is -0.350 e. The van der Waals surface area contributed by atoms with Crippen LogP contribution in [-0.4, -0.2) is 33.1 Å². The number of hydrogen-bond acceptors (Lipinski definition) is 4. The molecular weight excluding hydrogens is 422 g/mol. The number of rotatable bonds is 4. The van der Waals surface area contributed by atoms with Crippen molar-refractivity contribution < 1.29 is 14.4 Å². The molecule has 2 heterocycles. The lowest BCUT2D eigenvalue weighted by atomic mass is 10.1. The second kappa shape index (κ2) is 8.01. The highest BCUT2D eigenvalue weighted by molar-refractivity contribution is 8.18. The molecule has 152 valence electrons. The van der Waals surface area contributed by atoms with Crippen LogP contribution in [0.1, 0.15) is 11.1 Å². The van der Waals surface area contributed by atoms with Gasteiger partial charge in [0.2, 0.25) is 5.91 Å². The van der Waals surface area contributed by atoms with Gasteiger partial charge in [-0.15, -0.1) is 0 Å². The molecular formula is C22H18ClN3O3S. The van der Waals surface area contributed by atoms with Gasteiger partial charge in [0.1, 0.15) is 6.54 Å². The smallest absolute Gasteiger partial charge is 0.294 e. The fraction of sp³-hybridized carbons (Fsp3) is 0.136. The third-order valence-corrected chi connectivity index (χ3v) is 6.16. The first-order valence-corrected chi connectivity index (χ1v) is 10.4. The highest BCUT2D eigenvalue weighted by Gasteiger charge is 2.36. The Hall–Kier alpha value is -3.03. The van der Waals surface area contributed by atoms with Crippen molar-refractivity contribution in [1.29, 1.82) is 0 Å². The Morgan fingerprint density at radius 2 is 1.97 bits per heavy atom. The average molecular weight is 440 g/mol. The number of imide groups is 1. The van der Waals surface area contributed by atoms with E-state index in [1.54, 1.807) is 24.3 Å². The molecule has 0 bridgehead atoms. The molecule has 6 nitrogen and oxygen atoms in total. The summed E-state index contributed by atoms with van der Waals surface area (Å²) in [5, 5.41) is 3.71. The molecule has 4 rings (SSSR count). The zero-order valence-corrected chi connectivity index (χ0v) is 17.9. The molecule has 2 aromatic carbocycles. The van der Waals surface area contributed by atoms with Crippen LogP contribution in [0.25, 0.3) is 17.0 Å². The number of para-hydroxylation sites is 1. The van der Waals surface area contributed by atoms with Crippen LogP contribution in [0, 0.1) is 6.92 Å². The van der Waals surface area contributed by atoms with Crippen LogP contribution in [0.2, 0.25) is 5.02 Å². The van der Waals surface area contributed by atoms with E-state index in [1.807, 2.05) is 49.0 Å². The largest absolute Gasteiger partial charge is 0.350 e. The molecule has 3 aromatic rings. The molecule has 1 aromatic heterocycles. The van der Waals surface area contributed by atoms with Crippen molar-refractivity contribution in [2.75, 3.05) is 11.9 Å². The number of nitrogens with one attached hydrogen (secondary N) is 1. The molecule has 0 spiro atoms. The summed E-state index contributed by atoms with van der Waals surface area (Å²) >= 11 is 6.91. The summed E-state index contributed by atoms with van der Waals surface area (Å²) in [6, 6.07) is 12.9. The van der Waals surface area contributed by atoms with Gasteiger partial charge in [-0.2, -0.15) is 0 Å². The summed E-state index contributed by atoms with van der Waals surface area (Å²) in [5.41, 5.74) is 3.27. The standard InChI is InChI=1S/C22H18ClN3O3S/c1-13-7-8-15(10-17(13)23)24-20(27)12-26-21(28)19(30-22(26)29)9-14-11-25(2)18-6-4-3-5-16(14)18/h3-11H,12H2,1-2H3,(H,24,27)/b19-9+. The van der Waals surface area contributed by atoms with Gasteiger partial charge < -0.3 is 9.88 Å². The van der Waals surface area contributed by atoms with Gasteiger partial charge >= 0.3 is 0 Å². The van der Waals surface area contributed by atoms with Crippen LogP contribution >= 0.6 is 23.4 Å². The number of halogens is 1. The van der Waals surface area contributed by atoms with E-state index < -0.39 is 17.1 Å².